The van der Waals surface area contributed by atoms with Crippen LogP contribution < -0.4 is 4.74 Å². The molecule has 1 heterocycles. The van der Waals surface area contributed by atoms with Crippen LogP contribution in [0.3, 0.4) is 0 Å². The van der Waals surface area contributed by atoms with Crippen LogP contribution in [0.1, 0.15) is 36.1 Å². The normalized spacial score (nSPS) is 20.4. The van der Waals surface area contributed by atoms with E-state index in [1.54, 1.807) is 7.11 Å². The molecule has 0 radical (unpaired) electrons. The van der Waals surface area contributed by atoms with Crippen LogP contribution in [0.5, 0.6) is 5.75 Å². The van der Waals surface area contributed by atoms with E-state index in [2.05, 4.69) is 0 Å². The number of carbonyl (C=O) groups excluding carboxylic acids is 1. The van der Waals surface area contributed by atoms with Crippen LogP contribution in [0, 0.1) is 13.8 Å². The van der Waals surface area contributed by atoms with Crippen molar-refractivity contribution in [2.75, 3.05) is 26.7 Å². The van der Waals surface area contributed by atoms with E-state index in [9.17, 15) is 18.0 Å². The fourth-order valence-electron chi connectivity index (χ4n) is 3.59. The smallest absolute Gasteiger partial charge is 0.410 e. The third-order valence-corrected chi connectivity index (χ3v) is 5.15. The van der Waals surface area contributed by atoms with Gasteiger partial charge >= 0.3 is 6.18 Å². The first-order valence-corrected chi connectivity index (χ1v) is 8.40. The van der Waals surface area contributed by atoms with Gasteiger partial charge in [-0.25, -0.2) is 0 Å². The van der Waals surface area contributed by atoms with Crippen molar-refractivity contribution in [3.05, 3.63) is 28.8 Å². The van der Waals surface area contributed by atoms with Gasteiger partial charge in [-0.2, -0.15) is 13.2 Å². The molecule has 1 saturated heterocycles. The second kappa shape index (κ2) is 7.64. The Kier molecular flexibility index (Phi) is 5.98. The van der Waals surface area contributed by atoms with Crippen LogP contribution in [-0.4, -0.2) is 55.2 Å². The van der Waals surface area contributed by atoms with Crippen molar-refractivity contribution in [3.63, 3.8) is 0 Å². The van der Waals surface area contributed by atoms with Crippen molar-refractivity contribution in [2.24, 2.45) is 0 Å². The number of hydrogen-bond donors (Lipinski definition) is 0. The molecule has 1 aliphatic heterocycles. The van der Waals surface area contributed by atoms with Gasteiger partial charge < -0.3 is 9.64 Å². The van der Waals surface area contributed by atoms with E-state index in [4.69, 9.17) is 4.74 Å². The SMILES string of the molecule is CCC(c1ccc(OC)c(C)c1C)N1CCN(C=O)C(C(F)(F)F)C1. The molecule has 1 fully saturated rings. The molecule has 2 atom stereocenters. The topological polar surface area (TPSA) is 32.8 Å². The summed E-state index contributed by atoms with van der Waals surface area (Å²) >= 11 is 0. The van der Waals surface area contributed by atoms with E-state index in [0.717, 1.165) is 27.3 Å². The molecule has 1 aromatic rings. The zero-order chi connectivity index (χ0) is 18.8. The highest BCUT2D eigenvalue weighted by molar-refractivity contribution is 5.49. The quantitative estimate of drug-likeness (QED) is 0.756. The van der Waals surface area contributed by atoms with Crippen molar-refractivity contribution in [2.45, 2.75) is 45.5 Å². The molecule has 1 amide bonds. The Morgan fingerprint density at radius 3 is 2.48 bits per heavy atom. The number of alkyl halides is 3. The lowest BCUT2D eigenvalue weighted by Crippen LogP contribution is -2.58. The molecule has 0 saturated carbocycles. The maximum atomic E-state index is 13.3. The number of ether oxygens (including phenoxy) is 1. The summed E-state index contributed by atoms with van der Waals surface area (Å²) in [5.41, 5.74) is 3.05. The molecule has 7 heteroatoms. The van der Waals surface area contributed by atoms with Crippen molar-refractivity contribution in [1.82, 2.24) is 9.80 Å². The highest BCUT2D eigenvalue weighted by Crippen LogP contribution is 2.35. The van der Waals surface area contributed by atoms with Crippen molar-refractivity contribution < 1.29 is 22.7 Å². The van der Waals surface area contributed by atoms with Crippen molar-refractivity contribution >= 4 is 6.41 Å². The lowest BCUT2D eigenvalue weighted by Gasteiger charge is -2.43. The summed E-state index contributed by atoms with van der Waals surface area (Å²) in [6.07, 6.45) is -3.43. The third kappa shape index (κ3) is 3.92. The van der Waals surface area contributed by atoms with Gasteiger partial charge in [0, 0.05) is 25.7 Å². The number of amides is 1. The number of carbonyl (C=O) groups is 1. The molecule has 2 rings (SSSR count). The summed E-state index contributed by atoms with van der Waals surface area (Å²) in [6, 6.07) is 1.92. The Balaban J connectivity index is 2.32. The van der Waals surface area contributed by atoms with Crippen LogP contribution in [0.2, 0.25) is 0 Å². The fraction of sp³-hybridized carbons (Fsp3) is 0.611. The monoisotopic (exact) mass is 358 g/mol. The molecular formula is C18H25F3N2O2. The van der Waals surface area contributed by atoms with E-state index in [1.165, 1.54) is 0 Å². The molecule has 4 nitrogen and oxygen atoms in total. The minimum Gasteiger partial charge on any atom is -0.496 e. The van der Waals surface area contributed by atoms with Gasteiger partial charge in [0.15, 0.2) is 0 Å². The highest BCUT2D eigenvalue weighted by Gasteiger charge is 2.47. The maximum Gasteiger partial charge on any atom is 0.410 e. The first-order chi connectivity index (χ1) is 11.7. The fourth-order valence-corrected chi connectivity index (χ4v) is 3.59. The molecule has 1 aromatic carbocycles. The minimum absolute atomic E-state index is 0.0817. The Morgan fingerprint density at radius 2 is 1.96 bits per heavy atom. The molecule has 0 aromatic heterocycles. The van der Waals surface area contributed by atoms with E-state index in [1.807, 2.05) is 37.8 Å². The van der Waals surface area contributed by atoms with Crippen LogP contribution in [0.15, 0.2) is 12.1 Å². The largest absolute Gasteiger partial charge is 0.496 e. The number of rotatable bonds is 5. The van der Waals surface area contributed by atoms with Crippen LogP contribution in [0.4, 0.5) is 13.2 Å². The summed E-state index contributed by atoms with van der Waals surface area (Å²) in [7, 11) is 1.60. The Morgan fingerprint density at radius 1 is 1.28 bits per heavy atom. The Hall–Kier alpha value is -1.76. The number of benzene rings is 1. The lowest BCUT2D eigenvalue weighted by molar-refractivity contribution is -0.198. The summed E-state index contributed by atoms with van der Waals surface area (Å²) < 4.78 is 45.3. The third-order valence-electron chi connectivity index (χ3n) is 5.15. The minimum atomic E-state index is -4.43. The highest BCUT2D eigenvalue weighted by atomic mass is 19.4. The second-order valence-electron chi connectivity index (χ2n) is 6.43. The average molecular weight is 358 g/mol. The van der Waals surface area contributed by atoms with E-state index < -0.39 is 12.2 Å². The van der Waals surface area contributed by atoms with Gasteiger partial charge in [0.25, 0.3) is 0 Å². The van der Waals surface area contributed by atoms with E-state index in [-0.39, 0.29) is 19.1 Å². The lowest BCUT2D eigenvalue weighted by atomic mass is 9.93. The number of methoxy groups -OCH3 is 1. The first kappa shape index (κ1) is 19.6. The number of nitrogens with zero attached hydrogens (tertiary/aromatic N) is 2. The van der Waals surface area contributed by atoms with Gasteiger partial charge in [-0.1, -0.05) is 13.0 Å². The van der Waals surface area contributed by atoms with Gasteiger partial charge in [-0.15, -0.1) is 0 Å². The van der Waals surface area contributed by atoms with Gasteiger partial charge in [-0.05, 0) is 43.0 Å². The zero-order valence-electron chi connectivity index (χ0n) is 15.1. The molecule has 0 bridgehead atoms. The molecule has 0 aliphatic carbocycles. The van der Waals surface area contributed by atoms with E-state index >= 15 is 0 Å². The van der Waals surface area contributed by atoms with Crippen LogP contribution >= 0.6 is 0 Å². The average Bonchev–Trinajstić information content (AvgIpc) is 2.58. The van der Waals surface area contributed by atoms with Gasteiger partial charge in [0.2, 0.25) is 6.41 Å². The standard InChI is InChI=1S/C18H25F3N2O2/c1-5-15(14-6-7-16(25-4)13(3)12(14)2)22-8-9-23(11-24)17(10-22)18(19,20)21/h6-7,11,15,17H,5,8-10H2,1-4H3. The number of piperazine rings is 1. The van der Waals surface area contributed by atoms with Crippen LogP contribution in [-0.2, 0) is 4.79 Å². The maximum absolute atomic E-state index is 13.3. The van der Waals surface area contributed by atoms with Crippen molar-refractivity contribution in [1.29, 1.82) is 0 Å². The Labute approximate surface area is 146 Å². The van der Waals surface area contributed by atoms with Crippen molar-refractivity contribution in [3.8, 4) is 5.75 Å². The zero-order valence-corrected chi connectivity index (χ0v) is 15.1. The predicted octanol–water partition coefficient (Wildman–Crippen LogP) is 3.47. The molecule has 2 unspecified atom stereocenters. The molecular weight excluding hydrogens is 333 g/mol. The Bertz CT molecular complexity index is 619. The van der Waals surface area contributed by atoms with E-state index in [0.29, 0.717) is 19.4 Å². The number of hydrogen-bond acceptors (Lipinski definition) is 3. The summed E-state index contributed by atoms with van der Waals surface area (Å²) in [6.45, 7) is 6.20. The molecule has 0 N–H and O–H groups in total. The predicted molar refractivity (Wildman–Crippen MR) is 89.7 cm³/mol. The molecule has 1 aliphatic rings. The molecule has 140 valence electrons. The number of halogens is 3. The summed E-state index contributed by atoms with van der Waals surface area (Å²) in [4.78, 5) is 13.7. The molecule has 0 spiro atoms. The molecule has 25 heavy (non-hydrogen) atoms. The summed E-state index contributed by atoms with van der Waals surface area (Å²) in [5, 5.41) is 0. The second-order valence-corrected chi connectivity index (χ2v) is 6.43. The van der Waals surface area contributed by atoms with Gasteiger partial charge in [0.1, 0.15) is 11.8 Å². The van der Waals surface area contributed by atoms with Crippen LogP contribution in [0.25, 0.3) is 0 Å². The van der Waals surface area contributed by atoms with Gasteiger partial charge in [0.05, 0.1) is 7.11 Å². The van der Waals surface area contributed by atoms with Gasteiger partial charge in [-0.3, -0.25) is 9.69 Å². The summed E-state index contributed by atoms with van der Waals surface area (Å²) in [5.74, 6) is 0.773. The first-order valence-electron chi connectivity index (χ1n) is 8.40.